The molecule has 1 aromatic rings. The summed E-state index contributed by atoms with van der Waals surface area (Å²) in [4.78, 5) is 8.33. The van der Waals surface area contributed by atoms with E-state index in [1.165, 1.54) is 12.8 Å². The molecular formula is C13H24N6. The van der Waals surface area contributed by atoms with Gasteiger partial charge in [0.1, 0.15) is 5.69 Å². The topological polar surface area (TPSA) is 72.3 Å². The molecule has 2 N–H and O–H groups in total. The van der Waals surface area contributed by atoms with Gasteiger partial charge in [0.2, 0.25) is 0 Å². The number of guanidine groups is 1. The Morgan fingerprint density at radius 2 is 2.26 bits per heavy atom. The van der Waals surface area contributed by atoms with E-state index < -0.39 is 0 Å². The van der Waals surface area contributed by atoms with Gasteiger partial charge < -0.3 is 10.6 Å². The van der Waals surface area contributed by atoms with Gasteiger partial charge in [-0.1, -0.05) is 6.92 Å². The monoisotopic (exact) mass is 264 g/mol. The summed E-state index contributed by atoms with van der Waals surface area (Å²) in [5.41, 5.74) is 7.92. The van der Waals surface area contributed by atoms with Crippen LogP contribution in [0.5, 0.6) is 0 Å². The van der Waals surface area contributed by atoms with Gasteiger partial charge >= 0.3 is 0 Å². The van der Waals surface area contributed by atoms with Crippen LogP contribution < -0.4 is 5.73 Å². The molecule has 19 heavy (non-hydrogen) atoms. The van der Waals surface area contributed by atoms with Crippen LogP contribution in [0.3, 0.4) is 0 Å². The average Bonchev–Trinajstić information content (AvgIpc) is 2.76. The minimum Gasteiger partial charge on any atom is -0.370 e. The molecule has 0 saturated carbocycles. The Morgan fingerprint density at radius 3 is 2.89 bits per heavy atom. The summed E-state index contributed by atoms with van der Waals surface area (Å²) in [6.07, 6.45) is 2.48. The lowest BCUT2D eigenvalue weighted by atomic mass is 10.0. The number of nitrogens with two attached hydrogens (primary N) is 1. The minimum atomic E-state index is 0.516. The molecule has 0 radical (unpaired) electrons. The van der Waals surface area contributed by atoms with E-state index in [1.807, 2.05) is 13.8 Å². The fourth-order valence-corrected chi connectivity index (χ4v) is 2.41. The molecule has 6 heteroatoms. The second kappa shape index (κ2) is 6.04. The highest BCUT2D eigenvalue weighted by atomic mass is 15.5. The molecule has 2 rings (SSSR count). The molecule has 0 aliphatic carbocycles. The Hall–Kier alpha value is -1.59. The molecule has 106 valence electrons. The van der Waals surface area contributed by atoms with Gasteiger partial charge in [-0.05, 0) is 32.6 Å². The first kappa shape index (κ1) is 13.8. The van der Waals surface area contributed by atoms with Crippen molar-refractivity contribution in [3.05, 3.63) is 11.4 Å². The van der Waals surface area contributed by atoms with Gasteiger partial charge in [-0.15, -0.1) is 0 Å². The highest BCUT2D eigenvalue weighted by molar-refractivity contribution is 5.78. The summed E-state index contributed by atoms with van der Waals surface area (Å²) in [6.45, 7) is 9.57. The van der Waals surface area contributed by atoms with Crippen LogP contribution in [-0.4, -0.2) is 38.9 Å². The fourth-order valence-electron chi connectivity index (χ4n) is 2.41. The van der Waals surface area contributed by atoms with E-state index in [-0.39, 0.29) is 0 Å². The number of aliphatic imine (C=N–C) groups is 1. The molecule has 1 saturated heterocycles. The van der Waals surface area contributed by atoms with Crippen LogP contribution in [-0.2, 0) is 13.1 Å². The largest absolute Gasteiger partial charge is 0.370 e. The maximum absolute atomic E-state index is 6.07. The van der Waals surface area contributed by atoms with Gasteiger partial charge in [0.05, 0.1) is 18.8 Å². The van der Waals surface area contributed by atoms with Crippen molar-refractivity contribution in [1.29, 1.82) is 0 Å². The van der Waals surface area contributed by atoms with Crippen molar-refractivity contribution < 1.29 is 0 Å². The summed E-state index contributed by atoms with van der Waals surface area (Å²) in [7, 11) is 0. The van der Waals surface area contributed by atoms with E-state index in [1.54, 1.807) is 4.80 Å². The van der Waals surface area contributed by atoms with Crippen molar-refractivity contribution >= 4 is 5.96 Å². The molecular weight excluding hydrogens is 240 g/mol. The Morgan fingerprint density at radius 1 is 1.47 bits per heavy atom. The Bertz CT molecular complexity index is 450. The normalized spacial score (nSPS) is 20.9. The molecule has 0 amide bonds. The van der Waals surface area contributed by atoms with E-state index in [0.29, 0.717) is 18.4 Å². The molecule has 1 aliphatic heterocycles. The molecule has 0 spiro atoms. The van der Waals surface area contributed by atoms with Crippen molar-refractivity contribution in [2.24, 2.45) is 16.6 Å². The number of nitrogens with zero attached hydrogens (tertiary/aromatic N) is 5. The molecule has 1 aromatic heterocycles. The lowest BCUT2D eigenvalue weighted by Crippen LogP contribution is -2.43. The van der Waals surface area contributed by atoms with Crippen molar-refractivity contribution in [1.82, 2.24) is 19.9 Å². The fraction of sp³-hybridized carbons (Fsp3) is 0.769. The molecule has 1 atom stereocenters. The summed E-state index contributed by atoms with van der Waals surface area (Å²) in [5.74, 6) is 1.34. The second-order valence-electron chi connectivity index (χ2n) is 5.29. The highest BCUT2D eigenvalue weighted by Gasteiger charge is 2.17. The average molecular weight is 264 g/mol. The first-order valence-electron chi connectivity index (χ1n) is 7.05. The molecule has 1 aliphatic rings. The molecule has 0 aromatic carbocycles. The number of aryl methyl sites for hydroxylation is 2. The van der Waals surface area contributed by atoms with Crippen LogP contribution in [0.1, 0.15) is 38.1 Å². The molecule has 1 unspecified atom stereocenters. The predicted molar refractivity (Wildman–Crippen MR) is 75.7 cm³/mol. The zero-order valence-electron chi connectivity index (χ0n) is 12.1. The SMILES string of the molecule is CCn1nc(C)c(CN=C(N)N2CCCC(C)C2)n1. The molecule has 2 heterocycles. The van der Waals surface area contributed by atoms with Crippen molar-refractivity contribution in [2.75, 3.05) is 13.1 Å². The minimum absolute atomic E-state index is 0.516. The smallest absolute Gasteiger partial charge is 0.191 e. The summed E-state index contributed by atoms with van der Waals surface area (Å²) in [6, 6.07) is 0. The van der Waals surface area contributed by atoms with Gasteiger partial charge in [-0.2, -0.15) is 15.0 Å². The van der Waals surface area contributed by atoms with E-state index in [2.05, 4.69) is 27.0 Å². The van der Waals surface area contributed by atoms with Crippen LogP contribution in [0.15, 0.2) is 4.99 Å². The summed E-state index contributed by atoms with van der Waals surface area (Å²) < 4.78 is 0. The highest BCUT2D eigenvalue weighted by Crippen LogP contribution is 2.15. The molecule has 6 nitrogen and oxygen atoms in total. The second-order valence-corrected chi connectivity index (χ2v) is 5.29. The quantitative estimate of drug-likeness (QED) is 0.656. The van der Waals surface area contributed by atoms with Gasteiger partial charge in [0.15, 0.2) is 5.96 Å². The molecule has 1 fully saturated rings. The Labute approximate surface area is 114 Å². The van der Waals surface area contributed by atoms with Crippen molar-refractivity contribution in [3.8, 4) is 0 Å². The number of piperidine rings is 1. The van der Waals surface area contributed by atoms with Crippen LogP contribution in [0.4, 0.5) is 0 Å². The zero-order chi connectivity index (χ0) is 13.8. The van der Waals surface area contributed by atoms with E-state index in [0.717, 1.165) is 31.0 Å². The van der Waals surface area contributed by atoms with E-state index >= 15 is 0 Å². The third-order valence-electron chi connectivity index (χ3n) is 3.57. The van der Waals surface area contributed by atoms with Crippen LogP contribution >= 0.6 is 0 Å². The Kier molecular flexibility index (Phi) is 4.39. The van der Waals surface area contributed by atoms with Crippen molar-refractivity contribution in [2.45, 2.75) is 46.7 Å². The first-order chi connectivity index (χ1) is 9.10. The predicted octanol–water partition coefficient (Wildman–Crippen LogP) is 1.15. The number of likely N-dealkylation sites (tertiary alicyclic amines) is 1. The summed E-state index contributed by atoms with van der Waals surface area (Å²) in [5, 5.41) is 8.70. The van der Waals surface area contributed by atoms with Gasteiger partial charge in [-0.3, -0.25) is 0 Å². The third kappa shape index (κ3) is 3.45. The van der Waals surface area contributed by atoms with Crippen LogP contribution in [0, 0.1) is 12.8 Å². The molecule has 0 bridgehead atoms. The third-order valence-corrected chi connectivity index (χ3v) is 3.57. The lowest BCUT2D eigenvalue weighted by Gasteiger charge is -2.31. The van der Waals surface area contributed by atoms with E-state index in [4.69, 9.17) is 5.73 Å². The van der Waals surface area contributed by atoms with Gasteiger partial charge in [0, 0.05) is 13.1 Å². The van der Waals surface area contributed by atoms with Crippen molar-refractivity contribution in [3.63, 3.8) is 0 Å². The summed E-state index contributed by atoms with van der Waals surface area (Å²) >= 11 is 0. The van der Waals surface area contributed by atoms with E-state index in [9.17, 15) is 0 Å². The van der Waals surface area contributed by atoms with Gasteiger partial charge in [-0.25, -0.2) is 4.99 Å². The van der Waals surface area contributed by atoms with Gasteiger partial charge in [0.25, 0.3) is 0 Å². The van der Waals surface area contributed by atoms with Crippen LogP contribution in [0.25, 0.3) is 0 Å². The number of aromatic nitrogens is 3. The Balaban J connectivity index is 1.98. The standard InChI is InChI=1S/C13H24N6/c1-4-19-16-11(3)12(17-19)8-15-13(14)18-7-5-6-10(2)9-18/h10H,4-9H2,1-3H3,(H2,14,15). The first-order valence-corrected chi connectivity index (χ1v) is 7.05. The maximum Gasteiger partial charge on any atom is 0.191 e. The van der Waals surface area contributed by atoms with Crippen LogP contribution in [0.2, 0.25) is 0 Å². The zero-order valence-corrected chi connectivity index (χ0v) is 12.1. The lowest BCUT2D eigenvalue weighted by molar-refractivity contribution is 0.270. The number of hydrogen-bond acceptors (Lipinski definition) is 3. The number of rotatable bonds is 3. The maximum atomic E-state index is 6.07. The number of hydrogen-bond donors (Lipinski definition) is 1.